The Kier molecular flexibility index (Phi) is 3.92. The average molecular weight is 345 g/mol. The van der Waals surface area contributed by atoms with E-state index in [0.717, 1.165) is 12.3 Å². The molecule has 2 N–H and O–H groups in total. The summed E-state index contributed by atoms with van der Waals surface area (Å²) >= 11 is 0. The van der Waals surface area contributed by atoms with Crippen LogP contribution < -0.4 is 10.9 Å². The van der Waals surface area contributed by atoms with Gasteiger partial charge in [0.2, 0.25) is 0 Å². The van der Waals surface area contributed by atoms with Gasteiger partial charge in [-0.05, 0) is 18.2 Å². The Labute approximate surface area is 136 Å². The van der Waals surface area contributed by atoms with Crippen molar-refractivity contribution in [3.63, 3.8) is 0 Å². The lowest BCUT2D eigenvalue weighted by Gasteiger charge is -2.11. The maximum Gasteiger partial charge on any atom is 0.335 e. The van der Waals surface area contributed by atoms with Crippen molar-refractivity contribution in [2.24, 2.45) is 0 Å². The first-order chi connectivity index (χ1) is 11.4. The summed E-state index contributed by atoms with van der Waals surface area (Å²) in [5.41, 5.74) is -0.0822. The second-order valence-corrected chi connectivity index (χ2v) is 6.32. The minimum absolute atomic E-state index is 0.137. The summed E-state index contributed by atoms with van der Waals surface area (Å²) in [5, 5.41) is 3.34. The lowest BCUT2D eigenvalue weighted by molar-refractivity contribution is 0.102. The van der Waals surface area contributed by atoms with Gasteiger partial charge in [0, 0.05) is 22.5 Å². The van der Waals surface area contributed by atoms with Gasteiger partial charge >= 0.3 is 5.63 Å². The van der Waals surface area contributed by atoms with E-state index in [4.69, 9.17) is 0 Å². The summed E-state index contributed by atoms with van der Waals surface area (Å²) in [7, 11) is -4.39. The van der Waals surface area contributed by atoms with Gasteiger partial charge in [0.05, 0.1) is 5.56 Å². The molecule has 2 aromatic carbocycles. The summed E-state index contributed by atoms with van der Waals surface area (Å²) < 4.78 is 36.9. The first-order valence-electron chi connectivity index (χ1n) is 6.76. The van der Waals surface area contributed by atoms with Crippen molar-refractivity contribution in [2.75, 3.05) is 5.32 Å². The molecule has 0 saturated heterocycles. The molecular weight excluding hydrogens is 334 g/mol. The number of fused-ring (bicyclic) bond motifs is 1. The fourth-order valence-corrected chi connectivity index (χ4v) is 2.98. The van der Waals surface area contributed by atoms with E-state index in [9.17, 15) is 22.6 Å². The molecule has 0 spiro atoms. The van der Waals surface area contributed by atoms with Crippen LogP contribution in [0.2, 0.25) is 0 Å². The smallest absolute Gasteiger partial charge is 0.335 e. The molecule has 0 unspecified atom stereocenters. The molecule has 1 heterocycles. The predicted molar refractivity (Wildman–Crippen MR) is 86.7 cm³/mol. The second-order valence-electron chi connectivity index (χ2n) is 4.93. The van der Waals surface area contributed by atoms with Crippen molar-refractivity contribution in [3.8, 4) is 0 Å². The standard InChI is InChI=1S/C16H11NO6S/c18-15-8-5-10(9-23-15)16(19)17-13-6-7-14(24(20,21)22)12-4-2-1-3-11(12)13/h1-9H,(H,17,19)(H,20,21,22). The molecule has 8 heteroatoms. The first kappa shape index (κ1) is 15.9. The van der Waals surface area contributed by atoms with E-state index in [1.54, 1.807) is 18.2 Å². The molecule has 3 rings (SSSR count). The van der Waals surface area contributed by atoms with Gasteiger partial charge in [0.1, 0.15) is 11.2 Å². The molecule has 24 heavy (non-hydrogen) atoms. The number of nitrogens with one attached hydrogen (secondary N) is 1. The third-order valence-corrected chi connectivity index (χ3v) is 4.29. The molecule has 0 aliphatic rings. The maximum atomic E-state index is 12.2. The molecule has 0 atom stereocenters. The quantitative estimate of drug-likeness (QED) is 0.704. The molecule has 0 radical (unpaired) electrons. The Morgan fingerprint density at radius 2 is 1.71 bits per heavy atom. The largest absolute Gasteiger partial charge is 0.430 e. The average Bonchev–Trinajstić information content (AvgIpc) is 2.54. The Bertz CT molecular complexity index is 1080. The Morgan fingerprint density at radius 3 is 2.33 bits per heavy atom. The normalized spacial score (nSPS) is 11.4. The van der Waals surface area contributed by atoms with Gasteiger partial charge in [0.15, 0.2) is 0 Å². The zero-order chi connectivity index (χ0) is 17.3. The lowest BCUT2D eigenvalue weighted by Crippen LogP contribution is -2.13. The second kappa shape index (κ2) is 5.91. The van der Waals surface area contributed by atoms with Gasteiger partial charge < -0.3 is 9.73 Å². The molecule has 3 aromatic rings. The SMILES string of the molecule is O=C(Nc1ccc(S(=O)(=O)O)c2ccccc12)c1ccc(=O)oc1. The number of amides is 1. The van der Waals surface area contributed by atoms with Crippen LogP contribution in [-0.4, -0.2) is 18.9 Å². The van der Waals surface area contributed by atoms with Crippen LogP contribution in [0.3, 0.4) is 0 Å². The van der Waals surface area contributed by atoms with E-state index in [0.29, 0.717) is 11.1 Å². The number of benzene rings is 2. The molecular formula is C16H11NO6S. The molecule has 0 fully saturated rings. The molecule has 1 amide bonds. The molecule has 122 valence electrons. The topological polar surface area (TPSA) is 114 Å². The van der Waals surface area contributed by atoms with Crippen LogP contribution in [0.15, 0.2) is 68.9 Å². The number of carbonyl (C=O) groups is 1. The molecule has 0 bridgehead atoms. The fraction of sp³-hybridized carbons (Fsp3) is 0. The van der Waals surface area contributed by atoms with Crippen molar-refractivity contribution < 1.29 is 22.2 Å². The van der Waals surface area contributed by atoms with Crippen molar-refractivity contribution in [3.05, 3.63) is 70.8 Å². The van der Waals surface area contributed by atoms with Crippen LogP contribution in [0.4, 0.5) is 5.69 Å². The first-order valence-corrected chi connectivity index (χ1v) is 8.20. The van der Waals surface area contributed by atoms with E-state index >= 15 is 0 Å². The van der Waals surface area contributed by atoms with Crippen molar-refractivity contribution in [1.82, 2.24) is 0 Å². The third kappa shape index (κ3) is 3.05. The molecule has 1 aromatic heterocycles. The lowest BCUT2D eigenvalue weighted by atomic mass is 10.1. The van der Waals surface area contributed by atoms with Gasteiger partial charge in [0.25, 0.3) is 16.0 Å². The highest BCUT2D eigenvalue weighted by atomic mass is 32.2. The third-order valence-electron chi connectivity index (χ3n) is 3.37. The van der Waals surface area contributed by atoms with Crippen LogP contribution in [-0.2, 0) is 10.1 Å². The number of hydrogen-bond acceptors (Lipinski definition) is 5. The summed E-state index contributed by atoms with van der Waals surface area (Å²) in [6.07, 6.45) is 1.03. The highest BCUT2D eigenvalue weighted by Crippen LogP contribution is 2.29. The van der Waals surface area contributed by atoms with Crippen LogP contribution in [0.25, 0.3) is 10.8 Å². The van der Waals surface area contributed by atoms with Gasteiger partial charge in [-0.3, -0.25) is 9.35 Å². The highest BCUT2D eigenvalue weighted by Gasteiger charge is 2.17. The predicted octanol–water partition coefficient (Wildman–Crippen LogP) is 2.29. The van der Waals surface area contributed by atoms with E-state index in [1.807, 2.05) is 0 Å². The molecule has 0 aliphatic heterocycles. The van der Waals surface area contributed by atoms with E-state index in [1.165, 1.54) is 24.3 Å². The number of anilines is 1. The van der Waals surface area contributed by atoms with Gasteiger partial charge in [-0.25, -0.2) is 4.79 Å². The van der Waals surface area contributed by atoms with Crippen molar-refractivity contribution >= 4 is 32.5 Å². The number of carbonyl (C=O) groups excluding carboxylic acids is 1. The molecule has 0 aliphatic carbocycles. The molecule has 0 saturated carbocycles. The minimum atomic E-state index is -4.39. The maximum absolute atomic E-state index is 12.2. The summed E-state index contributed by atoms with van der Waals surface area (Å²) in [4.78, 5) is 22.9. The number of rotatable bonds is 3. The van der Waals surface area contributed by atoms with Crippen molar-refractivity contribution in [1.29, 1.82) is 0 Å². The summed E-state index contributed by atoms with van der Waals surface area (Å²) in [6.45, 7) is 0. The van der Waals surface area contributed by atoms with E-state index in [2.05, 4.69) is 9.73 Å². The Balaban J connectivity index is 2.06. The highest BCUT2D eigenvalue weighted by molar-refractivity contribution is 7.86. The van der Waals surface area contributed by atoms with E-state index < -0.39 is 21.7 Å². The minimum Gasteiger partial charge on any atom is -0.430 e. The van der Waals surface area contributed by atoms with E-state index in [-0.39, 0.29) is 15.8 Å². The van der Waals surface area contributed by atoms with Gasteiger partial charge in [-0.15, -0.1) is 0 Å². The number of hydrogen-bond donors (Lipinski definition) is 2. The van der Waals surface area contributed by atoms with Gasteiger partial charge in [-0.2, -0.15) is 8.42 Å². The molecule has 7 nitrogen and oxygen atoms in total. The van der Waals surface area contributed by atoms with Crippen LogP contribution >= 0.6 is 0 Å². The van der Waals surface area contributed by atoms with Crippen molar-refractivity contribution in [2.45, 2.75) is 4.90 Å². The Morgan fingerprint density at radius 1 is 1.00 bits per heavy atom. The van der Waals surface area contributed by atoms with Crippen LogP contribution in [0, 0.1) is 0 Å². The zero-order valence-electron chi connectivity index (χ0n) is 12.1. The Hall–Kier alpha value is -2.97. The summed E-state index contributed by atoms with van der Waals surface area (Å²) in [6, 6.07) is 11.5. The zero-order valence-corrected chi connectivity index (χ0v) is 12.9. The van der Waals surface area contributed by atoms with Gasteiger partial charge in [-0.1, -0.05) is 24.3 Å². The van der Waals surface area contributed by atoms with Crippen LogP contribution in [0.5, 0.6) is 0 Å². The summed E-state index contributed by atoms with van der Waals surface area (Å²) in [5.74, 6) is -0.525. The van der Waals surface area contributed by atoms with Crippen LogP contribution in [0.1, 0.15) is 10.4 Å². The fourth-order valence-electron chi connectivity index (χ4n) is 2.29. The monoisotopic (exact) mass is 345 g/mol.